The molecule has 0 saturated heterocycles. The molecule has 1 aromatic heterocycles. The van der Waals surface area contributed by atoms with Gasteiger partial charge in [-0.3, -0.25) is 4.79 Å². The molecule has 1 N–H and O–H groups in total. The van der Waals surface area contributed by atoms with E-state index in [1.807, 2.05) is 0 Å². The van der Waals surface area contributed by atoms with Gasteiger partial charge in [-0.2, -0.15) is 0 Å². The highest BCUT2D eigenvalue weighted by molar-refractivity contribution is 7.99. The molecule has 154 valence electrons. The van der Waals surface area contributed by atoms with Gasteiger partial charge in [0.1, 0.15) is 0 Å². The van der Waals surface area contributed by atoms with Crippen molar-refractivity contribution in [3.05, 3.63) is 5.89 Å². The molecule has 0 spiro atoms. The maximum atomic E-state index is 12.4. The first kappa shape index (κ1) is 19.0. The van der Waals surface area contributed by atoms with Crippen LogP contribution < -0.4 is 5.32 Å². The number of rotatable bonds is 5. The van der Waals surface area contributed by atoms with Gasteiger partial charge in [0.05, 0.1) is 5.75 Å². The van der Waals surface area contributed by atoms with E-state index in [0.717, 1.165) is 30.1 Å². The quantitative estimate of drug-likeness (QED) is 0.729. The lowest BCUT2D eigenvalue weighted by Gasteiger charge is -2.55. The zero-order valence-corrected chi connectivity index (χ0v) is 18.0. The van der Waals surface area contributed by atoms with Crippen LogP contribution in [0.1, 0.15) is 77.5 Å². The van der Waals surface area contributed by atoms with E-state index in [1.165, 1.54) is 63.1 Å². The average Bonchev–Trinajstić information content (AvgIpc) is 3.13. The molecule has 4 bridgehead atoms. The normalized spacial score (nSPS) is 41.9. The van der Waals surface area contributed by atoms with Crippen molar-refractivity contribution in [3.8, 4) is 0 Å². The van der Waals surface area contributed by atoms with Gasteiger partial charge >= 0.3 is 0 Å². The van der Waals surface area contributed by atoms with Crippen molar-refractivity contribution >= 4 is 17.7 Å². The molecule has 5 saturated carbocycles. The van der Waals surface area contributed by atoms with Crippen LogP contribution in [0.3, 0.4) is 0 Å². The number of amides is 1. The molecule has 5 aliphatic carbocycles. The Balaban J connectivity index is 1.18. The second kappa shape index (κ2) is 7.33. The van der Waals surface area contributed by atoms with Crippen LogP contribution in [0, 0.1) is 29.6 Å². The zero-order valence-electron chi connectivity index (χ0n) is 17.2. The van der Waals surface area contributed by atoms with E-state index < -0.39 is 0 Å². The first-order valence-electron chi connectivity index (χ1n) is 11.3. The van der Waals surface area contributed by atoms with Gasteiger partial charge in [-0.15, -0.1) is 10.2 Å². The van der Waals surface area contributed by atoms with Crippen LogP contribution in [0.2, 0.25) is 0 Å². The summed E-state index contributed by atoms with van der Waals surface area (Å²) in [6.07, 6.45) is 11.5. The summed E-state index contributed by atoms with van der Waals surface area (Å²) >= 11 is 1.39. The van der Waals surface area contributed by atoms with Gasteiger partial charge in [0.15, 0.2) is 0 Å². The van der Waals surface area contributed by atoms with Crippen LogP contribution in [-0.2, 0) is 10.2 Å². The molecular formula is C22H33N3O2S. The van der Waals surface area contributed by atoms with Gasteiger partial charge in [0.25, 0.3) is 5.22 Å². The molecule has 0 unspecified atom stereocenters. The van der Waals surface area contributed by atoms with Crippen LogP contribution in [-0.4, -0.2) is 27.9 Å². The number of aromatic nitrogens is 2. The fourth-order valence-corrected chi connectivity index (χ4v) is 7.59. The van der Waals surface area contributed by atoms with E-state index in [4.69, 9.17) is 4.42 Å². The lowest BCUT2D eigenvalue weighted by atomic mass is 9.49. The summed E-state index contributed by atoms with van der Waals surface area (Å²) in [5.74, 6) is 5.12. The third kappa shape index (κ3) is 3.50. The lowest BCUT2D eigenvalue weighted by molar-refractivity contribution is -0.120. The molecule has 0 radical (unpaired) electrons. The van der Waals surface area contributed by atoms with Crippen LogP contribution >= 0.6 is 11.8 Å². The molecule has 5 nitrogen and oxygen atoms in total. The zero-order chi connectivity index (χ0) is 19.3. The van der Waals surface area contributed by atoms with Crippen LogP contribution in [0.25, 0.3) is 0 Å². The predicted molar refractivity (Wildman–Crippen MR) is 109 cm³/mol. The van der Waals surface area contributed by atoms with E-state index in [0.29, 0.717) is 28.9 Å². The van der Waals surface area contributed by atoms with Gasteiger partial charge in [-0.25, -0.2) is 0 Å². The molecule has 1 amide bonds. The van der Waals surface area contributed by atoms with Crippen molar-refractivity contribution in [3.63, 3.8) is 0 Å². The van der Waals surface area contributed by atoms with Crippen molar-refractivity contribution in [2.75, 3.05) is 5.75 Å². The summed E-state index contributed by atoms with van der Waals surface area (Å²) in [4.78, 5) is 12.4. The number of nitrogens with zero attached hydrogens (tertiary/aromatic N) is 2. The van der Waals surface area contributed by atoms with E-state index in [9.17, 15) is 4.79 Å². The van der Waals surface area contributed by atoms with E-state index in [-0.39, 0.29) is 11.3 Å². The fourth-order valence-electron chi connectivity index (χ4n) is 7.02. The summed E-state index contributed by atoms with van der Waals surface area (Å²) in [5.41, 5.74) is 0.135. The summed E-state index contributed by atoms with van der Waals surface area (Å²) < 4.78 is 6.11. The Labute approximate surface area is 172 Å². The molecule has 6 rings (SSSR count). The molecule has 0 aromatic carbocycles. The number of hydrogen-bond acceptors (Lipinski definition) is 5. The average molecular weight is 404 g/mol. The van der Waals surface area contributed by atoms with Crippen LogP contribution in [0.5, 0.6) is 0 Å². The molecule has 0 aliphatic heterocycles. The SMILES string of the molecule is C[C@H]1[C@@H](NC(=O)CSc2nnc(C34CC5CC(CC(C5)C3)C4)o2)CCC[C@@H]1C. The van der Waals surface area contributed by atoms with Crippen molar-refractivity contribution in [1.82, 2.24) is 15.5 Å². The minimum absolute atomic E-state index is 0.0884. The third-order valence-corrected chi connectivity index (χ3v) is 9.10. The number of nitrogens with one attached hydrogen (secondary N) is 1. The van der Waals surface area contributed by atoms with Crippen molar-refractivity contribution in [2.45, 2.75) is 88.3 Å². The molecule has 6 heteroatoms. The second-order valence-electron chi connectivity index (χ2n) is 10.3. The maximum Gasteiger partial charge on any atom is 0.277 e. The molecule has 1 heterocycles. The summed E-state index contributed by atoms with van der Waals surface area (Å²) in [5, 5.41) is 12.5. The number of hydrogen-bond donors (Lipinski definition) is 1. The first-order valence-corrected chi connectivity index (χ1v) is 12.3. The van der Waals surface area contributed by atoms with Gasteiger partial charge in [-0.05, 0) is 74.5 Å². The Hall–Kier alpha value is -1.04. The smallest absolute Gasteiger partial charge is 0.277 e. The van der Waals surface area contributed by atoms with Crippen LogP contribution in [0.15, 0.2) is 9.64 Å². The largest absolute Gasteiger partial charge is 0.415 e. The Kier molecular flexibility index (Phi) is 4.96. The summed E-state index contributed by atoms with van der Waals surface area (Å²) in [6, 6.07) is 0.308. The Bertz CT molecular complexity index is 698. The van der Waals surface area contributed by atoms with Crippen molar-refractivity contribution in [2.24, 2.45) is 29.6 Å². The minimum atomic E-state index is 0.0884. The van der Waals surface area contributed by atoms with E-state index in [2.05, 4.69) is 29.4 Å². The monoisotopic (exact) mass is 403 g/mol. The Morgan fingerprint density at radius 3 is 2.46 bits per heavy atom. The van der Waals surface area contributed by atoms with Crippen molar-refractivity contribution < 1.29 is 9.21 Å². The van der Waals surface area contributed by atoms with Crippen molar-refractivity contribution in [1.29, 1.82) is 0 Å². The predicted octanol–water partition coefficient (Wildman–Crippen LogP) is 4.57. The molecule has 5 fully saturated rings. The van der Waals surface area contributed by atoms with E-state index >= 15 is 0 Å². The molecule has 28 heavy (non-hydrogen) atoms. The fraction of sp³-hybridized carbons (Fsp3) is 0.864. The van der Waals surface area contributed by atoms with Gasteiger partial charge in [-0.1, -0.05) is 38.5 Å². The highest BCUT2D eigenvalue weighted by Crippen LogP contribution is 2.60. The highest BCUT2D eigenvalue weighted by Gasteiger charge is 2.54. The number of thioether (sulfide) groups is 1. The molecular weight excluding hydrogens is 370 g/mol. The molecule has 3 atom stereocenters. The van der Waals surface area contributed by atoms with Crippen LogP contribution in [0.4, 0.5) is 0 Å². The summed E-state index contributed by atoms with van der Waals surface area (Å²) in [6.45, 7) is 4.56. The highest BCUT2D eigenvalue weighted by atomic mass is 32.2. The van der Waals surface area contributed by atoms with E-state index in [1.54, 1.807) is 0 Å². The standard InChI is InChI=1S/C22H33N3O2S/c1-13-4-3-5-18(14(13)2)23-19(26)12-28-21-25-24-20(27-21)22-9-15-6-16(10-22)8-17(7-15)11-22/h13-18H,3-12H2,1-2H3,(H,23,26)/t13-,14+,15?,16?,17?,18-,22?/m0/s1. The Morgan fingerprint density at radius 1 is 1.11 bits per heavy atom. The number of carbonyl (C=O) groups is 1. The van der Waals surface area contributed by atoms with Gasteiger partial charge in [0.2, 0.25) is 11.8 Å². The first-order chi connectivity index (χ1) is 13.5. The van der Waals surface area contributed by atoms with Gasteiger partial charge < -0.3 is 9.73 Å². The molecule has 5 aliphatic rings. The Morgan fingerprint density at radius 2 is 1.79 bits per heavy atom. The summed E-state index contributed by atoms with van der Waals surface area (Å²) in [7, 11) is 0. The third-order valence-electron chi connectivity index (χ3n) is 8.28. The molecule has 1 aromatic rings. The maximum absolute atomic E-state index is 12.4. The number of carbonyl (C=O) groups excluding carboxylic acids is 1. The topological polar surface area (TPSA) is 68.0 Å². The minimum Gasteiger partial charge on any atom is -0.415 e. The lowest BCUT2D eigenvalue weighted by Crippen LogP contribution is -2.48. The van der Waals surface area contributed by atoms with Gasteiger partial charge in [0, 0.05) is 11.5 Å². The second-order valence-corrected chi connectivity index (χ2v) is 11.2.